The minimum Gasteiger partial charge on any atom is -0.383 e. The van der Waals surface area contributed by atoms with E-state index in [0.29, 0.717) is 21.1 Å². The molecule has 0 aliphatic rings. The minimum atomic E-state index is 0.430. The highest BCUT2D eigenvalue weighted by Crippen LogP contribution is 2.25. The maximum absolute atomic E-state index is 5.89. The Morgan fingerprint density at radius 3 is 2.75 bits per heavy atom. The van der Waals surface area contributed by atoms with Crippen molar-refractivity contribution in [1.29, 1.82) is 0 Å². The summed E-state index contributed by atoms with van der Waals surface area (Å²) in [7, 11) is 0. The van der Waals surface area contributed by atoms with Gasteiger partial charge >= 0.3 is 0 Å². The summed E-state index contributed by atoms with van der Waals surface area (Å²) in [6.07, 6.45) is 1.64. The molecule has 0 atom stereocenters. The monoisotopic (exact) mass is 297 g/mol. The van der Waals surface area contributed by atoms with E-state index in [1.165, 1.54) is 0 Å². The smallest absolute Gasteiger partial charge is 0.161 e. The lowest BCUT2D eigenvalue weighted by atomic mass is 10.1. The van der Waals surface area contributed by atoms with Crippen LogP contribution in [0, 0.1) is 6.92 Å². The lowest BCUT2D eigenvalue weighted by Gasteiger charge is -2.06. The summed E-state index contributed by atoms with van der Waals surface area (Å²) in [5.41, 5.74) is 7.67. The van der Waals surface area contributed by atoms with Crippen LogP contribution in [0.15, 0.2) is 28.9 Å². The van der Waals surface area contributed by atoms with Gasteiger partial charge in [0.1, 0.15) is 5.82 Å². The number of aromatic nitrogens is 2. The first kappa shape index (κ1) is 11.4. The largest absolute Gasteiger partial charge is 0.383 e. The normalized spacial score (nSPS) is 10.4. The molecule has 82 valence electrons. The van der Waals surface area contributed by atoms with Crippen molar-refractivity contribution >= 4 is 33.3 Å². The number of halogens is 2. The molecule has 1 aromatic carbocycles. The Kier molecular flexibility index (Phi) is 3.12. The van der Waals surface area contributed by atoms with Crippen LogP contribution in [0.2, 0.25) is 5.02 Å². The highest BCUT2D eigenvalue weighted by molar-refractivity contribution is 9.10. The van der Waals surface area contributed by atoms with Gasteiger partial charge < -0.3 is 5.73 Å². The van der Waals surface area contributed by atoms with Gasteiger partial charge in [0.15, 0.2) is 5.82 Å². The van der Waals surface area contributed by atoms with E-state index in [1.54, 1.807) is 6.20 Å². The fourth-order valence-corrected chi connectivity index (χ4v) is 1.81. The molecular formula is C11H9BrClN3. The second-order valence-electron chi connectivity index (χ2n) is 3.39. The van der Waals surface area contributed by atoms with Gasteiger partial charge in [-0.25, -0.2) is 9.97 Å². The first-order valence-corrected chi connectivity index (χ1v) is 5.79. The summed E-state index contributed by atoms with van der Waals surface area (Å²) >= 11 is 9.15. The first-order chi connectivity index (χ1) is 7.58. The molecule has 0 unspecified atom stereocenters. The molecule has 0 aliphatic carbocycles. The zero-order chi connectivity index (χ0) is 11.7. The lowest BCUT2D eigenvalue weighted by Crippen LogP contribution is -1.97. The molecule has 1 heterocycles. The number of nitrogens with zero attached hydrogens (tertiary/aromatic N) is 2. The number of benzene rings is 1. The van der Waals surface area contributed by atoms with Crippen molar-refractivity contribution in [2.45, 2.75) is 6.92 Å². The van der Waals surface area contributed by atoms with Gasteiger partial charge in [0.25, 0.3) is 0 Å². The maximum atomic E-state index is 5.89. The van der Waals surface area contributed by atoms with E-state index in [2.05, 4.69) is 25.9 Å². The van der Waals surface area contributed by atoms with E-state index in [0.717, 1.165) is 11.1 Å². The third-order valence-corrected chi connectivity index (χ3v) is 3.05. The zero-order valence-corrected chi connectivity index (χ0v) is 10.9. The lowest BCUT2D eigenvalue weighted by molar-refractivity contribution is 1.16. The van der Waals surface area contributed by atoms with Gasteiger partial charge in [-0.2, -0.15) is 0 Å². The molecule has 2 rings (SSSR count). The predicted octanol–water partition coefficient (Wildman–Crippen LogP) is 3.45. The Morgan fingerprint density at radius 2 is 2.12 bits per heavy atom. The molecule has 1 aromatic heterocycles. The van der Waals surface area contributed by atoms with Crippen molar-refractivity contribution in [2.75, 3.05) is 5.73 Å². The SMILES string of the molecule is Cc1cc(Cl)ccc1-c1ncc(Br)c(N)n1. The van der Waals surface area contributed by atoms with Crippen LogP contribution < -0.4 is 5.73 Å². The number of anilines is 1. The maximum Gasteiger partial charge on any atom is 0.161 e. The molecule has 5 heteroatoms. The first-order valence-electron chi connectivity index (χ1n) is 4.62. The average Bonchev–Trinajstić information content (AvgIpc) is 2.22. The molecule has 0 amide bonds. The van der Waals surface area contributed by atoms with Crippen LogP contribution >= 0.6 is 27.5 Å². The van der Waals surface area contributed by atoms with E-state index in [-0.39, 0.29) is 0 Å². The molecule has 0 spiro atoms. The summed E-state index contributed by atoms with van der Waals surface area (Å²) in [4.78, 5) is 8.43. The molecule has 2 aromatic rings. The fraction of sp³-hybridized carbons (Fsp3) is 0.0909. The molecule has 0 bridgehead atoms. The molecule has 2 N–H and O–H groups in total. The van der Waals surface area contributed by atoms with Crippen LogP contribution in [0.4, 0.5) is 5.82 Å². The number of hydrogen-bond donors (Lipinski definition) is 1. The standard InChI is InChI=1S/C11H9BrClN3/c1-6-4-7(13)2-3-8(6)11-15-5-9(12)10(14)16-11/h2-5H,1H3,(H2,14,15,16). The third-order valence-electron chi connectivity index (χ3n) is 2.20. The summed E-state index contributed by atoms with van der Waals surface area (Å²) in [5, 5.41) is 0.700. The van der Waals surface area contributed by atoms with Crippen LogP contribution in [0.25, 0.3) is 11.4 Å². The minimum absolute atomic E-state index is 0.430. The van der Waals surface area contributed by atoms with Crippen LogP contribution in [0.5, 0.6) is 0 Å². The second kappa shape index (κ2) is 4.39. The summed E-state index contributed by atoms with van der Waals surface area (Å²) in [6.45, 7) is 1.96. The average molecular weight is 299 g/mol. The highest BCUT2D eigenvalue weighted by atomic mass is 79.9. The second-order valence-corrected chi connectivity index (χ2v) is 4.68. The van der Waals surface area contributed by atoms with Crippen LogP contribution in [0.3, 0.4) is 0 Å². The molecule has 0 aliphatic heterocycles. The van der Waals surface area contributed by atoms with E-state index < -0.39 is 0 Å². The Labute approximate surface area is 107 Å². The van der Waals surface area contributed by atoms with Crippen molar-refractivity contribution in [3.05, 3.63) is 39.5 Å². The van der Waals surface area contributed by atoms with E-state index in [1.807, 2.05) is 25.1 Å². The number of nitrogens with two attached hydrogens (primary N) is 1. The van der Waals surface area contributed by atoms with Gasteiger partial charge in [0.2, 0.25) is 0 Å². The van der Waals surface area contributed by atoms with Crippen molar-refractivity contribution in [1.82, 2.24) is 9.97 Å². The number of hydrogen-bond acceptors (Lipinski definition) is 3. The van der Waals surface area contributed by atoms with Gasteiger partial charge in [-0.05, 0) is 46.6 Å². The van der Waals surface area contributed by atoms with Gasteiger partial charge in [-0.3, -0.25) is 0 Å². The van der Waals surface area contributed by atoms with Gasteiger partial charge in [0, 0.05) is 16.8 Å². The van der Waals surface area contributed by atoms with Gasteiger partial charge in [-0.1, -0.05) is 11.6 Å². The number of aryl methyl sites for hydroxylation is 1. The molecule has 0 saturated carbocycles. The molecular weight excluding hydrogens is 289 g/mol. The van der Waals surface area contributed by atoms with Crippen molar-refractivity contribution in [3.63, 3.8) is 0 Å². The highest BCUT2D eigenvalue weighted by Gasteiger charge is 2.07. The number of rotatable bonds is 1. The summed E-state index contributed by atoms with van der Waals surface area (Å²) in [5.74, 6) is 1.04. The molecule has 3 nitrogen and oxygen atoms in total. The quantitative estimate of drug-likeness (QED) is 0.877. The topological polar surface area (TPSA) is 51.8 Å². The van der Waals surface area contributed by atoms with Crippen molar-refractivity contribution in [3.8, 4) is 11.4 Å². The molecule has 0 fully saturated rings. The Balaban J connectivity index is 2.54. The fourth-order valence-electron chi connectivity index (χ4n) is 1.39. The Bertz CT molecular complexity index is 543. The zero-order valence-electron chi connectivity index (χ0n) is 8.54. The predicted molar refractivity (Wildman–Crippen MR) is 69.3 cm³/mol. The van der Waals surface area contributed by atoms with Crippen LogP contribution in [0.1, 0.15) is 5.56 Å². The van der Waals surface area contributed by atoms with Crippen LogP contribution in [-0.4, -0.2) is 9.97 Å². The summed E-state index contributed by atoms with van der Waals surface area (Å²) < 4.78 is 0.697. The number of nitrogen functional groups attached to an aromatic ring is 1. The van der Waals surface area contributed by atoms with E-state index in [9.17, 15) is 0 Å². The molecule has 16 heavy (non-hydrogen) atoms. The third kappa shape index (κ3) is 2.18. The Hall–Kier alpha value is -1.13. The Morgan fingerprint density at radius 1 is 1.38 bits per heavy atom. The van der Waals surface area contributed by atoms with Crippen molar-refractivity contribution < 1.29 is 0 Å². The van der Waals surface area contributed by atoms with Crippen molar-refractivity contribution in [2.24, 2.45) is 0 Å². The van der Waals surface area contributed by atoms with Gasteiger partial charge in [-0.15, -0.1) is 0 Å². The molecule has 0 radical (unpaired) electrons. The van der Waals surface area contributed by atoms with E-state index in [4.69, 9.17) is 17.3 Å². The van der Waals surface area contributed by atoms with E-state index >= 15 is 0 Å². The van der Waals surface area contributed by atoms with Crippen LogP contribution in [-0.2, 0) is 0 Å². The molecule has 0 saturated heterocycles. The summed E-state index contributed by atoms with van der Waals surface area (Å²) in [6, 6.07) is 5.57. The van der Waals surface area contributed by atoms with Gasteiger partial charge in [0.05, 0.1) is 4.47 Å².